The number of carbonyl (C=O) groups is 1. The minimum absolute atomic E-state index is 0.554. The molecule has 0 aromatic heterocycles. The van der Waals surface area contributed by atoms with E-state index in [2.05, 4.69) is 6.92 Å². The third-order valence-electron chi connectivity index (χ3n) is 3.35. The number of nitrogens with zero attached hydrogens (tertiary/aromatic N) is 1. The van der Waals surface area contributed by atoms with Gasteiger partial charge in [-0.15, -0.1) is 0 Å². The number of hydrogen-bond donors (Lipinski definition) is 1. The summed E-state index contributed by atoms with van der Waals surface area (Å²) in [5.41, 5.74) is 0. The molecule has 0 saturated heterocycles. The van der Waals surface area contributed by atoms with Gasteiger partial charge >= 0.3 is 11.0 Å². The van der Waals surface area contributed by atoms with Crippen LogP contribution in [0.15, 0.2) is 0 Å². The van der Waals surface area contributed by atoms with Crippen molar-refractivity contribution in [2.24, 2.45) is 0 Å². The van der Waals surface area contributed by atoms with Crippen LogP contribution >= 0.6 is 11.8 Å². The van der Waals surface area contributed by atoms with E-state index in [0.29, 0.717) is 5.04 Å². The van der Waals surface area contributed by atoms with Crippen LogP contribution in [0.3, 0.4) is 0 Å². The molecule has 0 radical (unpaired) electrons. The Balaban J connectivity index is 2.04. The van der Waals surface area contributed by atoms with Gasteiger partial charge in [-0.25, -0.2) is 9.37 Å². The second kappa shape index (κ2) is 9.42. The number of carboxylic acids is 1. The van der Waals surface area contributed by atoms with E-state index in [4.69, 9.17) is 5.11 Å². The number of unbranched alkanes of at least 4 members (excludes halogenated alkanes) is 7. The van der Waals surface area contributed by atoms with Gasteiger partial charge in [-0.2, -0.15) is 0 Å². The van der Waals surface area contributed by atoms with Crippen LogP contribution in [0.1, 0.15) is 58.3 Å². The topological polar surface area (TPSA) is 40.3 Å². The predicted molar refractivity (Wildman–Crippen MR) is 77.7 cm³/mol. The molecule has 0 amide bonds. The summed E-state index contributed by atoms with van der Waals surface area (Å²) >= 11 is 1.48. The number of rotatable bonds is 10. The van der Waals surface area contributed by atoms with E-state index in [1.165, 1.54) is 56.7 Å². The highest BCUT2D eigenvalue weighted by Crippen LogP contribution is 2.13. The second-order valence-corrected chi connectivity index (χ2v) is 6.00. The van der Waals surface area contributed by atoms with E-state index in [1.807, 2.05) is 4.58 Å². The lowest BCUT2D eigenvalue weighted by molar-refractivity contribution is -0.517. The fraction of sp³-hybridized carbons (Fsp3) is 0.857. The summed E-state index contributed by atoms with van der Waals surface area (Å²) in [6.45, 7) is 4.07. The largest absolute Gasteiger partial charge is 0.473 e. The molecule has 3 nitrogen and oxygen atoms in total. The third kappa shape index (κ3) is 5.89. The summed E-state index contributed by atoms with van der Waals surface area (Å²) in [5, 5.41) is 9.56. The van der Waals surface area contributed by atoms with Crippen LogP contribution in [0.2, 0.25) is 0 Å². The molecule has 1 rings (SSSR count). The Morgan fingerprint density at radius 3 is 2.39 bits per heavy atom. The molecule has 1 N–H and O–H groups in total. The van der Waals surface area contributed by atoms with Crippen LogP contribution in [0.25, 0.3) is 0 Å². The Bertz CT molecular complexity index is 290. The molecule has 0 aromatic rings. The molecule has 1 aliphatic rings. The lowest BCUT2D eigenvalue weighted by atomic mass is 10.1. The molecule has 1 aliphatic heterocycles. The normalized spacial score (nSPS) is 15.4. The number of thioether (sulfide) groups is 1. The highest BCUT2D eigenvalue weighted by molar-refractivity contribution is 8.15. The Hall–Kier alpha value is -0.510. The van der Waals surface area contributed by atoms with E-state index in [1.54, 1.807) is 0 Å². The lowest BCUT2D eigenvalue weighted by Gasteiger charge is -2.01. The Kier molecular flexibility index (Phi) is 8.14. The van der Waals surface area contributed by atoms with Crippen molar-refractivity contribution < 1.29 is 14.5 Å². The average Bonchev–Trinajstić information content (AvgIpc) is 2.81. The molecule has 18 heavy (non-hydrogen) atoms. The van der Waals surface area contributed by atoms with Crippen molar-refractivity contribution in [2.45, 2.75) is 58.3 Å². The summed E-state index contributed by atoms with van der Waals surface area (Å²) in [7, 11) is 0. The van der Waals surface area contributed by atoms with Crippen LogP contribution in [-0.4, -0.2) is 39.5 Å². The molecule has 0 bridgehead atoms. The predicted octanol–water partition coefficient (Wildman–Crippen LogP) is 3.37. The second-order valence-electron chi connectivity index (χ2n) is 4.92. The van der Waals surface area contributed by atoms with E-state index in [9.17, 15) is 4.79 Å². The summed E-state index contributed by atoms with van der Waals surface area (Å²) < 4.78 is 2.03. The van der Waals surface area contributed by atoms with Gasteiger partial charge in [0.15, 0.2) is 6.54 Å². The van der Waals surface area contributed by atoms with Crippen molar-refractivity contribution in [3.05, 3.63) is 0 Å². The molecule has 0 aromatic carbocycles. The standard InChI is InChI=1S/C14H25NO2S/c1-2-3-4-5-6-7-8-9-10-15-11-12-18-13(15)14(16)17/h2-12H2,1H3/p+1. The van der Waals surface area contributed by atoms with Gasteiger partial charge in [0.1, 0.15) is 6.54 Å². The number of carboxylic acid groups (broad SMARTS) is 1. The van der Waals surface area contributed by atoms with Gasteiger partial charge in [0.2, 0.25) is 0 Å². The molecule has 0 saturated carbocycles. The quantitative estimate of drug-likeness (QED) is 0.489. The maximum absolute atomic E-state index is 10.9. The van der Waals surface area contributed by atoms with Crippen LogP contribution < -0.4 is 0 Å². The summed E-state index contributed by atoms with van der Waals surface area (Å²) in [4.78, 5) is 10.9. The SMILES string of the molecule is CCCCCCCCCC[N+]1=C(C(=O)O)SCC1. The van der Waals surface area contributed by atoms with Gasteiger partial charge in [0.25, 0.3) is 0 Å². The first kappa shape index (κ1) is 15.5. The molecule has 0 spiro atoms. The summed E-state index contributed by atoms with van der Waals surface area (Å²) in [5.74, 6) is 0.177. The van der Waals surface area contributed by atoms with Crippen LogP contribution in [0.4, 0.5) is 0 Å². The van der Waals surface area contributed by atoms with Crippen molar-refractivity contribution >= 4 is 22.8 Å². The molecule has 0 atom stereocenters. The summed E-state index contributed by atoms with van der Waals surface area (Å²) in [6.07, 6.45) is 10.4. The molecule has 104 valence electrons. The fourth-order valence-corrected chi connectivity index (χ4v) is 3.29. The molecule has 0 unspecified atom stereocenters. The maximum atomic E-state index is 10.9. The average molecular weight is 272 g/mol. The van der Waals surface area contributed by atoms with E-state index in [-0.39, 0.29) is 0 Å². The maximum Gasteiger partial charge on any atom is 0.408 e. The monoisotopic (exact) mass is 272 g/mol. The van der Waals surface area contributed by atoms with Crippen LogP contribution in [0.5, 0.6) is 0 Å². The van der Waals surface area contributed by atoms with Gasteiger partial charge in [-0.1, -0.05) is 45.4 Å². The smallest absolute Gasteiger partial charge is 0.408 e. The Morgan fingerprint density at radius 1 is 1.17 bits per heavy atom. The minimum Gasteiger partial charge on any atom is -0.473 e. The highest BCUT2D eigenvalue weighted by atomic mass is 32.2. The van der Waals surface area contributed by atoms with Crippen molar-refractivity contribution in [3.8, 4) is 0 Å². The van der Waals surface area contributed by atoms with Crippen LogP contribution in [-0.2, 0) is 4.79 Å². The highest BCUT2D eigenvalue weighted by Gasteiger charge is 2.28. The van der Waals surface area contributed by atoms with Gasteiger partial charge < -0.3 is 5.11 Å². The Morgan fingerprint density at radius 2 is 1.78 bits per heavy atom. The summed E-state index contributed by atoms with van der Waals surface area (Å²) in [6, 6.07) is 0. The van der Waals surface area contributed by atoms with Gasteiger partial charge in [0.05, 0.1) is 5.75 Å². The van der Waals surface area contributed by atoms with Crippen LogP contribution in [0, 0.1) is 0 Å². The van der Waals surface area contributed by atoms with E-state index < -0.39 is 5.97 Å². The molecule has 0 fully saturated rings. The molecular formula is C14H26NO2S+. The zero-order valence-corrected chi connectivity index (χ0v) is 12.3. The van der Waals surface area contributed by atoms with Gasteiger partial charge in [-0.05, 0) is 18.2 Å². The molecular weight excluding hydrogens is 246 g/mol. The van der Waals surface area contributed by atoms with E-state index >= 15 is 0 Å². The van der Waals surface area contributed by atoms with Crippen molar-refractivity contribution in [1.29, 1.82) is 0 Å². The Labute approximate surface area is 115 Å². The zero-order valence-electron chi connectivity index (χ0n) is 11.5. The lowest BCUT2D eigenvalue weighted by Crippen LogP contribution is -2.22. The minimum atomic E-state index is -0.753. The molecule has 0 aliphatic carbocycles. The number of aliphatic carboxylic acids is 1. The van der Waals surface area contributed by atoms with E-state index in [0.717, 1.165) is 25.3 Å². The first-order valence-corrected chi connectivity index (χ1v) is 8.22. The molecule has 1 heterocycles. The van der Waals surface area contributed by atoms with Crippen molar-refractivity contribution in [1.82, 2.24) is 0 Å². The van der Waals surface area contributed by atoms with Crippen molar-refractivity contribution in [2.75, 3.05) is 18.8 Å². The first-order chi connectivity index (χ1) is 8.75. The molecule has 4 heteroatoms. The fourth-order valence-electron chi connectivity index (χ4n) is 2.29. The first-order valence-electron chi connectivity index (χ1n) is 7.23. The third-order valence-corrected chi connectivity index (χ3v) is 4.44. The zero-order chi connectivity index (χ0) is 13.2. The van der Waals surface area contributed by atoms with Crippen molar-refractivity contribution in [3.63, 3.8) is 0 Å². The van der Waals surface area contributed by atoms with Gasteiger partial charge in [-0.3, -0.25) is 0 Å². The van der Waals surface area contributed by atoms with Gasteiger partial charge in [0, 0.05) is 6.42 Å². The number of hydrogen-bond acceptors (Lipinski definition) is 2.